The summed E-state index contributed by atoms with van der Waals surface area (Å²) in [5, 5.41) is 0. The summed E-state index contributed by atoms with van der Waals surface area (Å²) < 4.78 is 4.82. The standard InChI is InChI=1S/C11H18N2O4/c1-7(2)8(14)17-6-4-5-11(3,9(12)15)10(13)16/h1,4-6H2,2-3H3,(H2,12,15)(H2,13,16). The van der Waals surface area contributed by atoms with E-state index in [1.54, 1.807) is 0 Å². The predicted octanol–water partition coefficient (Wildman–Crippen LogP) is -0.137. The molecule has 0 aromatic carbocycles. The van der Waals surface area contributed by atoms with Crippen LogP contribution in [0.4, 0.5) is 0 Å². The summed E-state index contributed by atoms with van der Waals surface area (Å²) in [6, 6.07) is 0. The van der Waals surface area contributed by atoms with E-state index >= 15 is 0 Å². The highest BCUT2D eigenvalue weighted by molar-refractivity contribution is 6.03. The van der Waals surface area contributed by atoms with E-state index in [1.807, 2.05) is 0 Å². The smallest absolute Gasteiger partial charge is 0.333 e. The Labute approximate surface area is 100.0 Å². The summed E-state index contributed by atoms with van der Waals surface area (Å²) in [7, 11) is 0. The monoisotopic (exact) mass is 242 g/mol. The molecule has 0 saturated carbocycles. The molecule has 0 aliphatic rings. The zero-order valence-corrected chi connectivity index (χ0v) is 10.1. The fourth-order valence-corrected chi connectivity index (χ4v) is 1.08. The Kier molecular flexibility index (Phi) is 5.37. The first-order chi connectivity index (χ1) is 7.71. The second-order valence-corrected chi connectivity index (χ2v) is 4.08. The molecule has 0 heterocycles. The van der Waals surface area contributed by atoms with Crippen molar-refractivity contribution in [3.05, 3.63) is 12.2 Å². The summed E-state index contributed by atoms with van der Waals surface area (Å²) >= 11 is 0. The fourth-order valence-electron chi connectivity index (χ4n) is 1.08. The Hall–Kier alpha value is -1.85. The van der Waals surface area contributed by atoms with Gasteiger partial charge in [-0.3, -0.25) is 9.59 Å². The number of hydrogen-bond acceptors (Lipinski definition) is 4. The maximum Gasteiger partial charge on any atom is 0.333 e. The second kappa shape index (κ2) is 6.03. The van der Waals surface area contributed by atoms with E-state index in [0.29, 0.717) is 6.42 Å². The van der Waals surface area contributed by atoms with Crippen LogP contribution in [0.1, 0.15) is 26.7 Å². The van der Waals surface area contributed by atoms with Gasteiger partial charge < -0.3 is 16.2 Å². The first kappa shape index (κ1) is 15.2. The minimum Gasteiger partial charge on any atom is -0.462 e. The van der Waals surface area contributed by atoms with Gasteiger partial charge in [-0.25, -0.2) is 4.79 Å². The zero-order chi connectivity index (χ0) is 13.6. The molecule has 96 valence electrons. The third-order valence-electron chi connectivity index (χ3n) is 2.49. The lowest BCUT2D eigenvalue weighted by atomic mass is 9.84. The topological polar surface area (TPSA) is 112 Å². The Bertz CT molecular complexity index is 335. The lowest BCUT2D eigenvalue weighted by Gasteiger charge is -2.21. The maximum atomic E-state index is 11.1. The van der Waals surface area contributed by atoms with Crippen LogP contribution in [0.5, 0.6) is 0 Å². The van der Waals surface area contributed by atoms with Gasteiger partial charge in [-0.2, -0.15) is 0 Å². The molecule has 0 radical (unpaired) electrons. The number of carbonyl (C=O) groups is 3. The number of hydrogen-bond donors (Lipinski definition) is 2. The van der Waals surface area contributed by atoms with E-state index in [1.165, 1.54) is 13.8 Å². The van der Waals surface area contributed by atoms with Crippen LogP contribution in [0.3, 0.4) is 0 Å². The molecule has 0 saturated heterocycles. The number of ether oxygens (including phenoxy) is 1. The van der Waals surface area contributed by atoms with Gasteiger partial charge in [0.05, 0.1) is 6.61 Å². The summed E-state index contributed by atoms with van der Waals surface area (Å²) in [5.74, 6) is -2.07. The Morgan fingerprint density at radius 2 is 1.71 bits per heavy atom. The average Bonchev–Trinajstić information content (AvgIpc) is 2.22. The van der Waals surface area contributed by atoms with Crippen molar-refractivity contribution in [2.24, 2.45) is 16.9 Å². The molecule has 6 nitrogen and oxygen atoms in total. The Morgan fingerprint density at radius 3 is 2.06 bits per heavy atom. The molecule has 0 atom stereocenters. The Morgan fingerprint density at radius 1 is 1.24 bits per heavy atom. The van der Waals surface area contributed by atoms with Gasteiger partial charge in [0.2, 0.25) is 11.8 Å². The summed E-state index contributed by atoms with van der Waals surface area (Å²) in [6.45, 7) is 6.40. The first-order valence-electron chi connectivity index (χ1n) is 5.14. The number of carbonyl (C=O) groups excluding carboxylic acids is 3. The molecular weight excluding hydrogens is 224 g/mol. The van der Waals surface area contributed by atoms with Crippen LogP contribution in [-0.4, -0.2) is 24.4 Å². The van der Waals surface area contributed by atoms with E-state index in [4.69, 9.17) is 16.2 Å². The third kappa shape index (κ3) is 4.26. The van der Waals surface area contributed by atoms with Crippen molar-refractivity contribution < 1.29 is 19.1 Å². The molecule has 0 aliphatic carbocycles. The molecule has 6 heteroatoms. The molecular formula is C11H18N2O4. The molecule has 0 spiro atoms. The number of amides is 2. The molecule has 2 amide bonds. The highest BCUT2D eigenvalue weighted by Crippen LogP contribution is 2.22. The average molecular weight is 242 g/mol. The van der Waals surface area contributed by atoms with Crippen molar-refractivity contribution in [2.45, 2.75) is 26.7 Å². The van der Waals surface area contributed by atoms with Crippen molar-refractivity contribution in [1.82, 2.24) is 0 Å². The number of esters is 1. The van der Waals surface area contributed by atoms with Gasteiger partial charge in [-0.15, -0.1) is 0 Å². The molecule has 0 aromatic heterocycles. The van der Waals surface area contributed by atoms with Gasteiger partial charge in [0.25, 0.3) is 0 Å². The van der Waals surface area contributed by atoms with Crippen LogP contribution >= 0.6 is 0 Å². The molecule has 0 aliphatic heterocycles. The second-order valence-electron chi connectivity index (χ2n) is 4.08. The van der Waals surface area contributed by atoms with Crippen LogP contribution in [0.15, 0.2) is 12.2 Å². The molecule has 4 N–H and O–H groups in total. The van der Waals surface area contributed by atoms with Crippen LogP contribution in [0, 0.1) is 5.41 Å². The molecule has 0 fully saturated rings. The van der Waals surface area contributed by atoms with Crippen molar-refractivity contribution in [1.29, 1.82) is 0 Å². The van der Waals surface area contributed by atoms with Gasteiger partial charge in [-0.1, -0.05) is 6.58 Å². The zero-order valence-electron chi connectivity index (χ0n) is 10.1. The third-order valence-corrected chi connectivity index (χ3v) is 2.49. The molecule has 0 unspecified atom stereocenters. The Balaban J connectivity index is 4.19. The highest BCUT2D eigenvalue weighted by Gasteiger charge is 2.36. The molecule has 0 bridgehead atoms. The van der Waals surface area contributed by atoms with Crippen molar-refractivity contribution in [3.8, 4) is 0 Å². The van der Waals surface area contributed by atoms with E-state index < -0.39 is 23.2 Å². The van der Waals surface area contributed by atoms with Crippen LogP contribution in [0.25, 0.3) is 0 Å². The van der Waals surface area contributed by atoms with E-state index in [2.05, 4.69) is 6.58 Å². The van der Waals surface area contributed by atoms with Gasteiger partial charge in [0.15, 0.2) is 0 Å². The number of primary amides is 2. The lowest BCUT2D eigenvalue weighted by Crippen LogP contribution is -2.45. The van der Waals surface area contributed by atoms with Crippen LogP contribution in [0.2, 0.25) is 0 Å². The first-order valence-corrected chi connectivity index (χ1v) is 5.14. The normalized spacial score (nSPS) is 10.7. The quantitative estimate of drug-likeness (QED) is 0.280. The maximum absolute atomic E-state index is 11.1. The van der Waals surface area contributed by atoms with Crippen molar-refractivity contribution in [2.75, 3.05) is 6.61 Å². The van der Waals surface area contributed by atoms with E-state index in [9.17, 15) is 14.4 Å². The minimum atomic E-state index is -1.41. The van der Waals surface area contributed by atoms with Crippen LogP contribution < -0.4 is 11.5 Å². The highest BCUT2D eigenvalue weighted by atomic mass is 16.5. The molecule has 0 rings (SSSR count). The van der Waals surface area contributed by atoms with Crippen molar-refractivity contribution in [3.63, 3.8) is 0 Å². The SMILES string of the molecule is C=C(C)C(=O)OCCCC(C)(C(N)=O)C(N)=O. The number of nitrogens with two attached hydrogens (primary N) is 2. The van der Waals surface area contributed by atoms with Crippen LogP contribution in [-0.2, 0) is 19.1 Å². The summed E-state index contributed by atoms with van der Waals surface area (Å²) in [4.78, 5) is 33.2. The van der Waals surface area contributed by atoms with Gasteiger partial charge >= 0.3 is 5.97 Å². The van der Waals surface area contributed by atoms with Gasteiger partial charge in [0.1, 0.15) is 5.41 Å². The largest absolute Gasteiger partial charge is 0.462 e. The fraction of sp³-hybridized carbons (Fsp3) is 0.545. The number of rotatable bonds is 7. The van der Waals surface area contributed by atoms with E-state index in [0.717, 1.165) is 0 Å². The predicted molar refractivity (Wildman–Crippen MR) is 61.5 cm³/mol. The molecule has 17 heavy (non-hydrogen) atoms. The van der Waals surface area contributed by atoms with E-state index in [-0.39, 0.29) is 18.6 Å². The van der Waals surface area contributed by atoms with Crippen molar-refractivity contribution >= 4 is 17.8 Å². The summed E-state index contributed by atoms with van der Waals surface area (Å²) in [5.41, 5.74) is 9.08. The minimum absolute atomic E-state index is 0.0852. The van der Waals surface area contributed by atoms with Gasteiger partial charge in [-0.05, 0) is 26.7 Å². The summed E-state index contributed by atoms with van der Waals surface area (Å²) in [6.07, 6.45) is 0.461. The molecule has 0 aromatic rings. The lowest BCUT2D eigenvalue weighted by molar-refractivity contribution is -0.140. The van der Waals surface area contributed by atoms with Gasteiger partial charge in [0, 0.05) is 5.57 Å².